The highest BCUT2D eigenvalue weighted by Crippen LogP contribution is 2.26. The third-order valence-corrected chi connectivity index (χ3v) is 3.40. The molecule has 0 saturated heterocycles. The highest BCUT2D eigenvalue weighted by Gasteiger charge is 2.19. The van der Waals surface area contributed by atoms with Crippen molar-refractivity contribution in [1.29, 1.82) is 0 Å². The molecule has 0 spiro atoms. The molecule has 5 heteroatoms. The highest BCUT2D eigenvalue weighted by atomic mass is 16.5. The van der Waals surface area contributed by atoms with Crippen LogP contribution in [-0.2, 0) is 11.3 Å². The van der Waals surface area contributed by atoms with Crippen LogP contribution in [0.3, 0.4) is 0 Å². The van der Waals surface area contributed by atoms with E-state index in [1.54, 1.807) is 6.92 Å². The Hall–Kier alpha value is -1.52. The first-order chi connectivity index (χ1) is 8.70. The number of esters is 1. The van der Waals surface area contributed by atoms with Crippen molar-refractivity contribution >= 4 is 5.97 Å². The van der Waals surface area contributed by atoms with E-state index in [4.69, 9.17) is 4.74 Å². The minimum Gasteiger partial charge on any atom is -0.493 e. The lowest BCUT2D eigenvalue weighted by atomic mass is 9.89. The lowest BCUT2D eigenvalue weighted by molar-refractivity contribution is 0.0518. The van der Waals surface area contributed by atoms with Gasteiger partial charge in [-0.3, -0.25) is 0 Å². The van der Waals surface area contributed by atoms with Crippen LogP contribution in [0.4, 0.5) is 0 Å². The first kappa shape index (κ1) is 12.9. The quantitative estimate of drug-likeness (QED) is 0.835. The first-order valence-electron chi connectivity index (χ1n) is 6.64. The summed E-state index contributed by atoms with van der Waals surface area (Å²) in [6.07, 6.45) is 6.15. The SMILES string of the molecule is CCOC(=O)c1cc(O)n(CC2CCCCC2)n1. The summed E-state index contributed by atoms with van der Waals surface area (Å²) in [6.45, 7) is 2.75. The van der Waals surface area contributed by atoms with Crippen LogP contribution in [0.1, 0.15) is 49.5 Å². The van der Waals surface area contributed by atoms with E-state index in [0.717, 1.165) is 0 Å². The van der Waals surface area contributed by atoms with E-state index in [1.807, 2.05) is 0 Å². The number of aromatic nitrogens is 2. The molecule has 1 heterocycles. The first-order valence-corrected chi connectivity index (χ1v) is 6.64. The molecule has 100 valence electrons. The molecule has 0 bridgehead atoms. The lowest BCUT2D eigenvalue weighted by Crippen LogP contribution is -2.15. The molecular weight excluding hydrogens is 232 g/mol. The van der Waals surface area contributed by atoms with Gasteiger partial charge in [-0.1, -0.05) is 19.3 Å². The Labute approximate surface area is 107 Å². The third kappa shape index (κ3) is 3.03. The van der Waals surface area contributed by atoms with E-state index < -0.39 is 5.97 Å². The maximum atomic E-state index is 11.5. The zero-order valence-corrected chi connectivity index (χ0v) is 10.8. The molecule has 0 radical (unpaired) electrons. The maximum Gasteiger partial charge on any atom is 0.358 e. The van der Waals surface area contributed by atoms with Crippen LogP contribution in [0.2, 0.25) is 0 Å². The smallest absolute Gasteiger partial charge is 0.358 e. The number of nitrogens with zero attached hydrogens (tertiary/aromatic N) is 2. The van der Waals surface area contributed by atoms with Gasteiger partial charge in [0.15, 0.2) is 5.69 Å². The topological polar surface area (TPSA) is 64.3 Å². The summed E-state index contributed by atoms with van der Waals surface area (Å²) in [5.74, 6) is 0.124. The van der Waals surface area contributed by atoms with Crippen LogP contribution in [0.15, 0.2) is 6.07 Å². The Balaban J connectivity index is 2.01. The van der Waals surface area contributed by atoms with Gasteiger partial charge in [0.25, 0.3) is 0 Å². The molecule has 18 heavy (non-hydrogen) atoms. The average molecular weight is 252 g/mol. The number of hydrogen-bond donors (Lipinski definition) is 1. The van der Waals surface area contributed by atoms with Gasteiger partial charge in [0.2, 0.25) is 5.88 Å². The fourth-order valence-corrected chi connectivity index (χ4v) is 2.46. The average Bonchev–Trinajstić information content (AvgIpc) is 2.73. The van der Waals surface area contributed by atoms with Crippen LogP contribution >= 0.6 is 0 Å². The van der Waals surface area contributed by atoms with Gasteiger partial charge in [-0.25, -0.2) is 9.48 Å². The Kier molecular flexibility index (Phi) is 4.23. The molecule has 5 nitrogen and oxygen atoms in total. The summed E-state index contributed by atoms with van der Waals surface area (Å²) < 4.78 is 6.38. The van der Waals surface area contributed by atoms with Crippen molar-refractivity contribution in [2.24, 2.45) is 5.92 Å². The summed E-state index contributed by atoms with van der Waals surface area (Å²) in [6, 6.07) is 1.38. The van der Waals surface area contributed by atoms with Gasteiger partial charge in [0.1, 0.15) is 0 Å². The molecule has 0 unspecified atom stereocenters. The van der Waals surface area contributed by atoms with Crippen LogP contribution in [0, 0.1) is 5.92 Å². The van der Waals surface area contributed by atoms with Crippen LogP contribution in [0.25, 0.3) is 0 Å². The second kappa shape index (κ2) is 5.89. The zero-order valence-electron chi connectivity index (χ0n) is 10.8. The number of hydrogen-bond acceptors (Lipinski definition) is 4. The normalized spacial score (nSPS) is 16.7. The largest absolute Gasteiger partial charge is 0.493 e. The number of carbonyl (C=O) groups excluding carboxylic acids is 1. The Morgan fingerprint density at radius 2 is 2.22 bits per heavy atom. The van der Waals surface area contributed by atoms with Gasteiger partial charge >= 0.3 is 5.97 Å². The molecule has 0 aliphatic heterocycles. The van der Waals surface area contributed by atoms with Crippen molar-refractivity contribution in [3.8, 4) is 5.88 Å². The summed E-state index contributed by atoms with van der Waals surface area (Å²) in [4.78, 5) is 11.5. The van der Waals surface area contributed by atoms with E-state index in [-0.39, 0.29) is 11.6 Å². The van der Waals surface area contributed by atoms with Gasteiger partial charge in [0.05, 0.1) is 6.61 Å². The van der Waals surface area contributed by atoms with Gasteiger partial charge in [-0.05, 0) is 25.7 Å². The molecule has 1 aliphatic carbocycles. The number of ether oxygens (including phenoxy) is 1. The fourth-order valence-electron chi connectivity index (χ4n) is 2.46. The van der Waals surface area contributed by atoms with E-state index in [0.29, 0.717) is 19.1 Å². The number of rotatable bonds is 4. The van der Waals surface area contributed by atoms with Crippen molar-refractivity contribution in [3.63, 3.8) is 0 Å². The number of aromatic hydroxyl groups is 1. The lowest BCUT2D eigenvalue weighted by Gasteiger charge is -2.21. The zero-order chi connectivity index (χ0) is 13.0. The minimum atomic E-state index is -0.477. The van der Waals surface area contributed by atoms with E-state index in [2.05, 4.69) is 5.10 Å². The second-order valence-corrected chi connectivity index (χ2v) is 4.79. The molecule has 1 N–H and O–H groups in total. The molecule has 1 aromatic rings. The van der Waals surface area contributed by atoms with Crippen molar-refractivity contribution in [2.75, 3.05) is 6.61 Å². The minimum absolute atomic E-state index is 0.0450. The molecule has 1 saturated carbocycles. The van der Waals surface area contributed by atoms with Crippen molar-refractivity contribution in [2.45, 2.75) is 45.6 Å². The standard InChI is InChI=1S/C13H20N2O3/c1-2-18-13(17)11-8-12(16)15(14-11)9-10-6-4-3-5-7-10/h8,10,16H,2-7,9H2,1H3. The Morgan fingerprint density at radius 1 is 1.50 bits per heavy atom. The second-order valence-electron chi connectivity index (χ2n) is 4.79. The van der Waals surface area contributed by atoms with Gasteiger partial charge in [-0.2, -0.15) is 5.10 Å². The summed E-state index contributed by atoms with van der Waals surface area (Å²) >= 11 is 0. The molecule has 2 rings (SSSR count). The van der Waals surface area contributed by atoms with Crippen molar-refractivity contribution in [3.05, 3.63) is 11.8 Å². The Bertz CT molecular complexity index is 408. The molecule has 1 aliphatic rings. The fraction of sp³-hybridized carbons (Fsp3) is 0.692. The Morgan fingerprint density at radius 3 is 2.89 bits per heavy atom. The summed E-state index contributed by atoms with van der Waals surface area (Å²) in [7, 11) is 0. The summed E-state index contributed by atoms with van der Waals surface area (Å²) in [5, 5.41) is 13.9. The predicted molar refractivity (Wildman–Crippen MR) is 66.4 cm³/mol. The molecule has 0 atom stereocenters. The number of carbonyl (C=O) groups is 1. The molecule has 0 aromatic carbocycles. The van der Waals surface area contributed by atoms with Crippen LogP contribution in [0.5, 0.6) is 5.88 Å². The molecule has 1 fully saturated rings. The monoisotopic (exact) mass is 252 g/mol. The van der Waals surface area contributed by atoms with E-state index >= 15 is 0 Å². The van der Waals surface area contributed by atoms with Gasteiger partial charge in [-0.15, -0.1) is 0 Å². The third-order valence-electron chi connectivity index (χ3n) is 3.40. The van der Waals surface area contributed by atoms with Crippen LogP contribution in [-0.4, -0.2) is 27.5 Å². The van der Waals surface area contributed by atoms with E-state index in [9.17, 15) is 9.90 Å². The maximum absolute atomic E-state index is 11.5. The molecular formula is C13H20N2O3. The summed E-state index contributed by atoms with van der Waals surface area (Å²) in [5.41, 5.74) is 0.185. The van der Waals surface area contributed by atoms with Crippen molar-refractivity contribution < 1.29 is 14.6 Å². The van der Waals surface area contributed by atoms with Gasteiger partial charge < -0.3 is 9.84 Å². The highest BCUT2D eigenvalue weighted by molar-refractivity contribution is 5.87. The van der Waals surface area contributed by atoms with Crippen LogP contribution < -0.4 is 0 Å². The van der Waals surface area contributed by atoms with Crippen molar-refractivity contribution in [1.82, 2.24) is 9.78 Å². The van der Waals surface area contributed by atoms with E-state index in [1.165, 1.54) is 42.9 Å². The van der Waals surface area contributed by atoms with Gasteiger partial charge in [0, 0.05) is 12.6 Å². The molecule has 1 aromatic heterocycles. The predicted octanol–water partition coefficient (Wildman–Crippen LogP) is 2.35. The molecule has 0 amide bonds.